The highest BCUT2D eigenvalue weighted by Crippen LogP contribution is 2.24. The maximum absolute atomic E-state index is 12.8. The normalized spacial score (nSPS) is 13.2. The predicted octanol–water partition coefficient (Wildman–Crippen LogP) is 5.66. The van der Waals surface area contributed by atoms with E-state index in [1.807, 2.05) is 78.9 Å². The van der Waals surface area contributed by atoms with Crippen LogP contribution in [0.3, 0.4) is 0 Å². The van der Waals surface area contributed by atoms with Gasteiger partial charge in [-0.15, -0.1) is 10.2 Å². The topological polar surface area (TPSA) is 58.1 Å². The highest BCUT2D eigenvalue weighted by molar-refractivity contribution is 6.04. The number of nitrogens with one attached hydrogen (secondary N) is 1. The largest absolute Gasteiger partial charge is 0.355 e. The van der Waals surface area contributed by atoms with Crippen LogP contribution in [-0.4, -0.2) is 29.2 Å². The number of nitrogens with zero attached hydrogens (tertiary/aromatic N) is 3. The van der Waals surface area contributed by atoms with Gasteiger partial charge in [0.05, 0.1) is 5.69 Å². The molecule has 1 saturated heterocycles. The zero-order valence-corrected chi connectivity index (χ0v) is 17.7. The maximum atomic E-state index is 12.8. The van der Waals surface area contributed by atoms with E-state index in [0.29, 0.717) is 5.56 Å². The summed E-state index contributed by atoms with van der Waals surface area (Å²) in [5.74, 6) is 0.784. The summed E-state index contributed by atoms with van der Waals surface area (Å²) in [6, 6.07) is 29.5. The first-order chi connectivity index (χ1) is 15.8. The Morgan fingerprint density at radius 3 is 2.16 bits per heavy atom. The first kappa shape index (κ1) is 19.9. The standard InChI is InChI=1S/C27H24N4O/c32-27(22-13-11-21(12-14-22)20-7-2-1-3-8-20)28-24-10-6-9-23(19-24)25-15-16-26(30-29-25)31-17-4-5-18-31/h1-3,6-16,19H,4-5,17-18H2,(H,28,32). The number of aromatic nitrogens is 2. The van der Waals surface area contributed by atoms with E-state index in [0.717, 1.165) is 47.0 Å². The minimum Gasteiger partial charge on any atom is -0.355 e. The van der Waals surface area contributed by atoms with Crippen molar-refractivity contribution in [3.8, 4) is 22.4 Å². The molecule has 0 aliphatic carbocycles. The Hall–Kier alpha value is -3.99. The Labute approximate surface area is 187 Å². The van der Waals surface area contributed by atoms with Crippen LogP contribution in [0.15, 0.2) is 91.0 Å². The molecule has 3 aromatic carbocycles. The van der Waals surface area contributed by atoms with Gasteiger partial charge in [-0.2, -0.15) is 0 Å². The van der Waals surface area contributed by atoms with Gasteiger partial charge in [0, 0.05) is 29.9 Å². The lowest BCUT2D eigenvalue weighted by molar-refractivity contribution is 0.102. The summed E-state index contributed by atoms with van der Waals surface area (Å²) in [6.07, 6.45) is 2.42. The Morgan fingerprint density at radius 1 is 0.719 bits per heavy atom. The number of amides is 1. The molecule has 1 aliphatic heterocycles. The molecular formula is C27H24N4O. The van der Waals surface area contributed by atoms with E-state index in [9.17, 15) is 4.79 Å². The first-order valence-electron chi connectivity index (χ1n) is 10.9. The van der Waals surface area contributed by atoms with Crippen LogP contribution >= 0.6 is 0 Å². The van der Waals surface area contributed by atoms with Crippen molar-refractivity contribution in [3.05, 3.63) is 96.6 Å². The van der Waals surface area contributed by atoms with Gasteiger partial charge in [-0.25, -0.2) is 0 Å². The number of hydrogen-bond donors (Lipinski definition) is 1. The van der Waals surface area contributed by atoms with Gasteiger partial charge in [0.2, 0.25) is 0 Å². The summed E-state index contributed by atoms with van der Waals surface area (Å²) in [7, 11) is 0. The molecule has 0 unspecified atom stereocenters. The number of rotatable bonds is 5. The lowest BCUT2D eigenvalue weighted by Crippen LogP contribution is -2.19. The molecule has 1 fully saturated rings. The third-order valence-corrected chi connectivity index (χ3v) is 5.75. The fraction of sp³-hybridized carbons (Fsp3) is 0.148. The van der Waals surface area contributed by atoms with Crippen LogP contribution in [0.4, 0.5) is 11.5 Å². The molecule has 32 heavy (non-hydrogen) atoms. The average molecular weight is 421 g/mol. The summed E-state index contributed by atoms with van der Waals surface area (Å²) >= 11 is 0. The van der Waals surface area contributed by atoms with Crippen molar-refractivity contribution in [3.63, 3.8) is 0 Å². The van der Waals surface area contributed by atoms with Crippen molar-refractivity contribution < 1.29 is 4.79 Å². The molecule has 1 aliphatic rings. The molecule has 0 saturated carbocycles. The molecule has 2 heterocycles. The predicted molar refractivity (Wildman–Crippen MR) is 129 cm³/mol. The second-order valence-corrected chi connectivity index (χ2v) is 7.95. The fourth-order valence-electron chi connectivity index (χ4n) is 4.00. The molecule has 0 bridgehead atoms. The summed E-state index contributed by atoms with van der Waals surface area (Å²) in [5.41, 5.74) is 5.26. The number of carbonyl (C=O) groups excluding carboxylic acids is 1. The van der Waals surface area contributed by atoms with Crippen LogP contribution in [0.2, 0.25) is 0 Å². The molecule has 0 radical (unpaired) electrons. The summed E-state index contributed by atoms with van der Waals surface area (Å²) < 4.78 is 0. The van der Waals surface area contributed by atoms with Gasteiger partial charge in [0.15, 0.2) is 5.82 Å². The monoisotopic (exact) mass is 420 g/mol. The zero-order valence-electron chi connectivity index (χ0n) is 17.7. The smallest absolute Gasteiger partial charge is 0.255 e. The third-order valence-electron chi connectivity index (χ3n) is 5.75. The molecule has 5 heteroatoms. The average Bonchev–Trinajstić information content (AvgIpc) is 3.40. The number of anilines is 2. The summed E-state index contributed by atoms with van der Waals surface area (Å²) in [6.45, 7) is 2.09. The van der Waals surface area contributed by atoms with Gasteiger partial charge in [-0.05, 0) is 60.4 Å². The first-order valence-corrected chi connectivity index (χ1v) is 10.9. The SMILES string of the molecule is O=C(Nc1cccc(-c2ccc(N3CCCC3)nn2)c1)c1ccc(-c2ccccc2)cc1. The van der Waals surface area contributed by atoms with Gasteiger partial charge in [0.25, 0.3) is 5.91 Å². The van der Waals surface area contributed by atoms with Crippen LogP contribution in [-0.2, 0) is 0 Å². The quantitative estimate of drug-likeness (QED) is 0.452. The summed E-state index contributed by atoms with van der Waals surface area (Å²) in [5, 5.41) is 11.8. The van der Waals surface area contributed by atoms with E-state index in [2.05, 4.69) is 32.5 Å². The van der Waals surface area contributed by atoms with E-state index in [-0.39, 0.29) is 5.91 Å². The van der Waals surface area contributed by atoms with Gasteiger partial charge in [0.1, 0.15) is 0 Å². The fourth-order valence-corrected chi connectivity index (χ4v) is 4.00. The van der Waals surface area contributed by atoms with E-state index in [1.54, 1.807) is 0 Å². The van der Waals surface area contributed by atoms with Gasteiger partial charge < -0.3 is 10.2 Å². The summed E-state index contributed by atoms with van der Waals surface area (Å²) in [4.78, 5) is 15.0. The highest BCUT2D eigenvalue weighted by atomic mass is 16.1. The maximum Gasteiger partial charge on any atom is 0.255 e. The zero-order chi connectivity index (χ0) is 21.8. The van der Waals surface area contributed by atoms with Crippen molar-refractivity contribution in [2.75, 3.05) is 23.3 Å². The van der Waals surface area contributed by atoms with E-state index >= 15 is 0 Å². The molecule has 5 nitrogen and oxygen atoms in total. The van der Waals surface area contributed by atoms with E-state index in [1.165, 1.54) is 12.8 Å². The molecule has 5 rings (SSSR count). The molecule has 1 N–H and O–H groups in total. The van der Waals surface area contributed by atoms with Crippen LogP contribution in [0.1, 0.15) is 23.2 Å². The molecule has 1 aromatic heterocycles. The molecule has 0 spiro atoms. The second kappa shape index (κ2) is 9.02. The van der Waals surface area contributed by atoms with Crippen LogP contribution in [0, 0.1) is 0 Å². The van der Waals surface area contributed by atoms with Gasteiger partial charge in [-0.3, -0.25) is 4.79 Å². The van der Waals surface area contributed by atoms with Crippen molar-refractivity contribution in [1.29, 1.82) is 0 Å². The molecular weight excluding hydrogens is 396 g/mol. The number of carbonyl (C=O) groups is 1. The molecule has 1 amide bonds. The third kappa shape index (κ3) is 4.37. The molecule has 4 aromatic rings. The van der Waals surface area contributed by atoms with E-state index < -0.39 is 0 Å². The lowest BCUT2D eigenvalue weighted by Gasteiger charge is -2.15. The van der Waals surface area contributed by atoms with Crippen molar-refractivity contribution in [2.24, 2.45) is 0 Å². The Bertz CT molecular complexity index is 1200. The Morgan fingerprint density at radius 2 is 1.44 bits per heavy atom. The van der Waals surface area contributed by atoms with Crippen LogP contribution < -0.4 is 10.2 Å². The Balaban J connectivity index is 1.29. The highest BCUT2D eigenvalue weighted by Gasteiger charge is 2.14. The van der Waals surface area contributed by atoms with Crippen molar-refractivity contribution >= 4 is 17.4 Å². The molecule has 0 atom stereocenters. The van der Waals surface area contributed by atoms with E-state index in [4.69, 9.17) is 0 Å². The van der Waals surface area contributed by atoms with Crippen molar-refractivity contribution in [2.45, 2.75) is 12.8 Å². The molecule has 158 valence electrons. The second-order valence-electron chi connectivity index (χ2n) is 7.95. The van der Waals surface area contributed by atoms with Crippen molar-refractivity contribution in [1.82, 2.24) is 10.2 Å². The van der Waals surface area contributed by atoms with Crippen LogP contribution in [0.25, 0.3) is 22.4 Å². The minimum atomic E-state index is -0.141. The minimum absolute atomic E-state index is 0.141. The van der Waals surface area contributed by atoms with Gasteiger partial charge >= 0.3 is 0 Å². The number of hydrogen-bond acceptors (Lipinski definition) is 4. The number of benzene rings is 3. The van der Waals surface area contributed by atoms with Crippen LogP contribution in [0.5, 0.6) is 0 Å². The van der Waals surface area contributed by atoms with Gasteiger partial charge in [-0.1, -0.05) is 54.6 Å². The Kier molecular flexibility index (Phi) is 5.62. The lowest BCUT2D eigenvalue weighted by atomic mass is 10.0.